The van der Waals surface area contributed by atoms with Crippen LogP contribution in [0.15, 0.2) is 53.7 Å². The number of halogens is 2. The number of nitrogen functional groups attached to an aromatic ring is 1. The van der Waals surface area contributed by atoms with E-state index in [0.29, 0.717) is 29.6 Å². The van der Waals surface area contributed by atoms with Crippen LogP contribution in [-0.2, 0) is 5.41 Å². The van der Waals surface area contributed by atoms with Crippen LogP contribution < -0.4 is 11.3 Å². The molecule has 1 aliphatic carbocycles. The first-order valence-electron chi connectivity index (χ1n) is 12.5. The van der Waals surface area contributed by atoms with Crippen molar-refractivity contribution in [2.24, 2.45) is 0 Å². The highest BCUT2D eigenvalue weighted by Gasteiger charge is 2.55. The Labute approximate surface area is 233 Å². The third-order valence-corrected chi connectivity index (χ3v) is 8.94. The lowest BCUT2D eigenvalue weighted by Gasteiger charge is -2.15. The minimum atomic E-state index is -0.693. The number of nitrogens with one attached hydrogen (secondary N) is 1. The highest BCUT2D eigenvalue weighted by atomic mass is 35.5. The average molecular weight is 573 g/mol. The van der Waals surface area contributed by atoms with Crippen LogP contribution in [0.3, 0.4) is 0 Å². The van der Waals surface area contributed by atoms with Gasteiger partial charge in [0.05, 0.1) is 44.6 Å². The Morgan fingerprint density at radius 2 is 2.08 bits per heavy atom. The molecule has 0 bridgehead atoms. The summed E-state index contributed by atoms with van der Waals surface area (Å²) < 4.78 is 23.7. The molecule has 3 N–H and O–H groups in total. The standard InChI is InChI=1S/C26H18ClFN10OS/c27-14-3-4-17(37-11-31-35-36-37)21(22(14)28)15-8-20(39)38-18(9-26(5-6-26)25(38)33-15)24-30-10-16(32-24)12-1-2-13-19(7-12)40-34-23(13)29/h1-4,7-8,10-11,18H,5-6,9H2,(H2,29,34)(H,30,32)/t18-/m0/s1. The van der Waals surface area contributed by atoms with Crippen LogP contribution >= 0.6 is 23.1 Å². The molecule has 5 heterocycles. The Morgan fingerprint density at radius 1 is 1.20 bits per heavy atom. The molecule has 4 aromatic heterocycles. The third-order valence-electron chi connectivity index (χ3n) is 7.82. The van der Waals surface area contributed by atoms with Gasteiger partial charge in [-0.1, -0.05) is 17.7 Å². The number of fused-ring (bicyclic) bond motifs is 3. The molecule has 1 fully saturated rings. The van der Waals surface area contributed by atoms with Crippen LogP contribution in [0.5, 0.6) is 0 Å². The van der Waals surface area contributed by atoms with Crippen molar-refractivity contribution in [3.63, 3.8) is 0 Å². The fraction of sp³-hybridized carbons (Fsp3) is 0.192. The van der Waals surface area contributed by atoms with E-state index in [1.807, 2.05) is 18.2 Å². The van der Waals surface area contributed by atoms with Gasteiger partial charge < -0.3 is 10.7 Å². The number of anilines is 1. The maximum atomic E-state index is 15.4. The number of tetrazole rings is 1. The molecule has 2 aromatic carbocycles. The Hall–Kier alpha value is -4.49. The Balaban J connectivity index is 1.23. The van der Waals surface area contributed by atoms with Crippen molar-refractivity contribution in [2.45, 2.75) is 30.7 Å². The van der Waals surface area contributed by atoms with Gasteiger partial charge in [-0.3, -0.25) is 9.36 Å². The van der Waals surface area contributed by atoms with Crippen molar-refractivity contribution in [3.05, 3.63) is 81.8 Å². The molecule has 40 heavy (non-hydrogen) atoms. The molecular formula is C26H18ClFN10OS. The topological polar surface area (TPSA) is 146 Å². The number of nitrogens with two attached hydrogens (primary N) is 1. The largest absolute Gasteiger partial charge is 0.382 e. The number of imidazole rings is 1. The normalized spacial score (nSPS) is 17.1. The lowest BCUT2D eigenvalue weighted by molar-refractivity contribution is 0.542. The van der Waals surface area contributed by atoms with Gasteiger partial charge in [0, 0.05) is 22.4 Å². The minimum absolute atomic E-state index is 0.0685. The highest BCUT2D eigenvalue weighted by molar-refractivity contribution is 7.13. The summed E-state index contributed by atoms with van der Waals surface area (Å²) in [4.78, 5) is 26.6. The number of hydrogen-bond donors (Lipinski definition) is 2. The van der Waals surface area contributed by atoms with Crippen LogP contribution in [0, 0.1) is 5.82 Å². The lowest BCUT2D eigenvalue weighted by Crippen LogP contribution is -2.25. The highest BCUT2D eigenvalue weighted by Crippen LogP contribution is 2.58. The van der Waals surface area contributed by atoms with E-state index in [1.54, 1.807) is 16.8 Å². The summed E-state index contributed by atoms with van der Waals surface area (Å²) in [5, 5.41) is 12.0. The van der Waals surface area contributed by atoms with Gasteiger partial charge >= 0.3 is 0 Å². The van der Waals surface area contributed by atoms with E-state index in [1.165, 1.54) is 34.7 Å². The molecule has 1 saturated carbocycles. The number of benzene rings is 2. The first kappa shape index (κ1) is 23.4. The molecule has 8 rings (SSSR count). The van der Waals surface area contributed by atoms with Gasteiger partial charge in [0.2, 0.25) is 0 Å². The quantitative estimate of drug-likeness (QED) is 0.318. The van der Waals surface area contributed by atoms with E-state index in [-0.39, 0.29) is 33.3 Å². The number of H-pyrrole nitrogens is 1. The SMILES string of the molecule is Nc1nsc2cc(-c3cnc([C@@H]4CC5(CC5)c5nc(-c6c(-n7cnnn7)ccc(Cl)c6F)cc(=O)n54)[nH]3)ccc12. The summed E-state index contributed by atoms with van der Waals surface area (Å²) in [5.74, 6) is 1.12. The maximum Gasteiger partial charge on any atom is 0.254 e. The van der Waals surface area contributed by atoms with Gasteiger partial charge in [-0.05, 0) is 65.5 Å². The molecule has 0 radical (unpaired) electrons. The summed E-state index contributed by atoms with van der Waals surface area (Å²) in [6.45, 7) is 0. The minimum Gasteiger partial charge on any atom is -0.382 e. The lowest BCUT2D eigenvalue weighted by atomic mass is 10.0. The molecule has 0 unspecified atom stereocenters. The number of rotatable bonds is 4. The first-order valence-corrected chi connectivity index (χ1v) is 13.6. The average Bonchev–Trinajstić information content (AvgIpc) is 3.40. The van der Waals surface area contributed by atoms with Gasteiger partial charge in [0.25, 0.3) is 5.56 Å². The molecule has 2 aliphatic rings. The van der Waals surface area contributed by atoms with Crippen molar-refractivity contribution in [1.29, 1.82) is 0 Å². The second-order valence-electron chi connectivity index (χ2n) is 10.1. The van der Waals surface area contributed by atoms with Gasteiger partial charge in [0.1, 0.15) is 23.8 Å². The van der Waals surface area contributed by atoms with E-state index in [2.05, 4.69) is 29.9 Å². The van der Waals surface area contributed by atoms with E-state index in [4.69, 9.17) is 22.3 Å². The summed E-state index contributed by atoms with van der Waals surface area (Å²) in [6.07, 6.45) is 5.56. The Morgan fingerprint density at radius 3 is 2.88 bits per heavy atom. The molecule has 198 valence electrons. The zero-order chi connectivity index (χ0) is 27.2. The number of aromatic nitrogens is 9. The predicted octanol–water partition coefficient (Wildman–Crippen LogP) is 4.29. The second kappa shape index (κ2) is 8.26. The summed E-state index contributed by atoms with van der Waals surface area (Å²) >= 11 is 7.49. The Bertz CT molecular complexity index is 2030. The summed E-state index contributed by atoms with van der Waals surface area (Å²) in [7, 11) is 0. The number of nitrogens with zero attached hydrogens (tertiary/aromatic N) is 8. The van der Waals surface area contributed by atoms with E-state index in [9.17, 15) is 4.79 Å². The summed E-state index contributed by atoms with van der Waals surface area (Å²) in [6, 6.07) is 9.97. The van der Waals surface area contributed by atoms with Crippen LogP contribution in [0.25, 0.3) is 38.3 Å². The molecule has 14 heteroatoms. The van der Waals surface area contributed by atoms with Crippen LogP contribution in [0.2, 0.25) is 5.02 Å². The fourth-order valence-corrected chi connectivity index (χ4v) is 6.57. The van der Waals surface area contributed by atoms with Crippen LogP contribution in [-0.4, -0.2) is 44.1 Å². The Kier molecular flexibility index (Phi) is 4.83. The smallest absolute Gasteiger partial charge is 0.254 e. The van der Waals surface area contributed by atoms with Crippen molar-refractivity contribution in [1.82, 2.24) is 44.1 Å². The summed E-state index contributed by atoms with van der Waals surface area (Å²) in [5.41, 5.74) is 7.74. The molecule has 1 atom stereocenters. The molecule has 0 saturated heterocycles. The van der Waals surface area contributed by atoms with Gasteiger partial charge in [-0.15, -0.1) is 5.10 Å². The maximum absolute atomic E-state index is 15.4. The fourth-order valence-electron chi connectivity index (χ4n) is 5.67. The first-order chi connectivity index (χ1) is 19.4. The molecular weight excluding hydrogens is 555 g/mol. The van der Waals surface area contributed by atoms with Gasteiger partial charge in [-0.2, -0.15) is 9.06 Å². The second-order valence-corrected chi connectivity index (χ2v) is 11.4. The van der Waals surface area contributed by atoms with Crippen molar-refractivity contribution < 1.29 is 4.39 Å². The van der Waals surface area contributed by atoms with Crippen LogP contribution in [0.1, 0.15) is 37.0 Å². The van der Waals surface area contributed by atoms with Crippen molar-refractivity contribution in [2.75, 3.05) is 5.73 Å². The predicted molar refractivity (Wildman–Crippen MR) is 147 cm³/mol. The molecule has 1 aliphatic heterocycles. The van der Waals surface area contributed by atoms with Crippen molar-refractivity contribution >= 4 is 39.0 Å². The zero-order valence-electron chi connectivity index (χ0n) is 20.5. The van der Waals surface area contributed by atoms with Crippen molar-refractivity contribution in [3.8, 4) is 28.2 Å². The van der Waals surface area contributed by atoms with Gasteiger partial charge in [-0.25, -0.2) is 14.4 Å². The number of hydrogen-bond acceptors (Lipinski definition) is 9. The van der Waals surface area contributed by atoms with E-state index >= 15 is 4.39 Å². The van der Waals surface area contributed by atoms with E-state index < -0.39 is 5.82 Å². The molecule has 11 nitrogen and oxygen atoms in total. The molecule has 1 spiro atoms. The van der Waals surface area contributed by atoms with Gasteiger partial charge in [0.15, 0.2) is 5.82 Å². The monoisotopic (exact) mass is 572 g/mol. The molecule has 6 aromatic rings. The van der Waals surface area contributed by atoms with E-state index in [0.717, 1.165) is 34.2 Å². The zero-order valence-corrected chi connectivity index (χ0v) is 22.1. The molecule has 0 amide bonds. The third kappa shape index (κ3) is 3.37. The number of aromatic amines is 1. The van der Waals surface area contributed by atoms with Crippen LogP contribution in [0.4, 0.5) is 10.2 Å².